The third-order valence-corrected chi connectivity index (χ3v) is 5.21. The first-order valence-electron chi connectivity index (χ1n) is 10.6. The zero-order chi connectivity index (χ0) is 21.7. The molecule has 3 rings (SSSR count). The average Bonchev–Trinajstić information content (AvgIpc) is 3.33. The normalized spacial score (nSPS) is 15.3. The largest absolute Gasteiger partial charge is 0.444 e. The second-order valence-corrected chi connectivity index (χ2v) is 8.88. The predicted octanol–water partition coefficient (Wildman–Crippen LogP) is 3.16. The maximum Gasteiger partial charge on any atom is 0.410 e. The number of piperidine rings is 1. The lowest BCUT2D eigenvalue weighted by Crippen LogP contribution is -2.42. The topological polar surface area (TPSA) is 81.4 Å². The van der Waals surface area contributed by atoms with Crippen molar-refractivity contribution < 1.29 is 14.3 Å². The summed E-state index contributed by atoms with van der Waals surface area (Å²) in [7, 11) is 1.90. The highest BCUT2D eigenvalue weighted by molar-refractivity contribution is 5.92. The lowest BCUT2D eigenvalue weighted by atomic mass is 10.0. The van der Waals surface area contributed by atoms with E-state index in [9.17, 15) is 9.59 Å². The van der Waals surface area contributed by atoms with Crippen molar-refractivity contribution >= 4 is 12.0 Å². The molecular weight excluding hydrogens is 382 g/mol. The van der Waals surface area contributed by atoms with E-state index in [-0.39, 0.29) is 18.0 Å². The zero-order valence-corrected chi connectivity index (χ0v) is 18.4. The Labute approximate surface area is 178 Å². The first-order chi connectivity index (χ1) is 14.2. The molecule has 1 aliphatic rings. The van der Waals surface area contributed by atoms with Gasteiger partial charge in [-0.25, -0.2) is 4.79 Å². The Bertz CT molecular complexity index is 856. The second-order valence-electron chi connectivity index (χ2n) is 8.88. The molecule has 0 spiro atoms. The molecule has 1 fully saturated rings. The predicted molar refractivity (Wildman–Crippen MR) is 114 cm³/mol. The van der Waals surface area contributed by atoms with Crippen LogP contribution >= 0.6 is 0 Å². The van der Waals surface area contributed by atoms with Crippen LogP contribution in [0, 0.1) is 0 Å². The monoisotopic (exact) mass is 415 g/mol. The quantitative estimate of drug-likeness (QED) is 0.735. The minimum Gasteiger partial charge on any atom is -0.444 e. The Morgan fingerprint density at radius 3 is 2.63 bits per heavy atom. The van der Waals surface area contributed by atoms with E-state index in [1.165, 1.54) is 5.56 Å². The van der Waals surface area contributed by atoms with Gasteiger partial charge in [-0.2, -0.15) is 5.10 Å². The lowest BCUT2D eigenvalue weighted by Gasteiger charge is -2.34. The molecule has 2 amide bonds. The first-order valence-corrected chi connectivity index (χ1v) is 10.6. The van der Waals surface area contributed by atoms with Gasteiger partial charge in [0.2, 0.25) is 0 Å². The first kappa shape index (κ1) is 21.9. The smallest absolute Gasteiger partial charge is 0.410 e. The maximum absolute atomic E-state index is 12.7. The Morgan fingerprint density at radius 1 is 1.27 bits per heavy atom. The number of ether oxygens (including phenoxy) is 1. The highest BCUT2D eigenvalue weighted by Gasteiger charge is 2.28. The third-order valence-electron chi connectivity index (χ3n) is 5.21. The molecule has 0 saturated carbocycles. The summed E-state index contributed by atoms with van der Waals surface area (Å²) in [4.78, 5) is 26.7. The van der Waals surface area contributed by atoms with Crippen LogP contribution in [0.5, 0.6) is 0 Å². The van der Waals surface area contributed by atoms with Crippen LogP contribution in [-0.2, 0) is 18.2 Å². The molecule has 0 aromatic carbocycles. The molecule has 2 aromatic rings. The zero-order valence-electron chi connectivity index (χ0n) is 18.4. The fourth-order valence-electron chi connectivity index (χ4n) is 3.74. The summed E-state index contributed by atoms with van der Waals surface area (Å²) < 4.78 is 9.30. The van der Waals surface area contributed by atoms with Gasteiger partial charge in [0.05, 0.1) is 6.20 Å². The van der Waals surface area contributed by atoms with Crippen LogP contribution in [0.15, 0.2) is 30.7 Å². The number of nitrogens with one attached hydrogen (secondary N) is 1. The molecular formula is C22H33N5O3. The van der Waals surface area contributed by atoms with Crippen LogP contribution in [0.3, 0.4) is 0 Å². The van der Waals surface area contributed by atoms with Gasteiger partial charge < -0.3 is 19.5 Å². The molecule has 2 aromatic heterocycles. The van der Waals surface area contributed by atoms with Crippen LogP contribution in [0.1, 0.15) is 62.1 Å². The SMILES string of the molecule is Cn1cc(CCCNC(=O)c2cccn2C2CCN(C(=O)OC(C)(C)C)CC2)cn1. The number of carbonyl (C=O) groups is 2. The third kappa shape index (κ3) is 5.87. The summed E-state index contributed by atoms with van der Waals surface area (Å²) in [6.07, 6.45) is 8.90. The highest BCUT2D eigenvalue weighted by Crippen LogP contribution is 2.25. The molecule has 3 heterocycles. The number of aromatic nitrogens is 3. The van der Waals surface area contributed by atoms with Gasteiger partial charge >= 0.3 is 6.09 Å². The van der Waals surface area contributed by atoms with Gasteiger partial charge in [0.15, 0.2) is 0 Å². The van der Waals surface area contributed by atoms with Crippen LogP contribution < -0.4 is 5.32 Å². The van der Waals surface area contributed by atoms with Gasteiger partial charge in [-0.1, -0.05) is 0 Å². The van der Waals surface area contributed by atoms with Crippen molar-refractivity contribution in [3.05, 3.63) is 42.0 Å². The molecule has 8 nitrogen and oxygen atoms in total. The minimum atomic E-state index is -0.489. The summed E-state index contributed by atoms with van der Waals surface area (Å²) in [6, 6.07) is 3.97. The van der Waals surface area contributed by atoms with Gasteiger partial charge in [0, 0.05) is 45.1 Å². The molecule has 0 radical (unpaired) electrons. The standard InChI is InChI=1S/C22H33N5O3/c1-22(2,3)30-21(29)26-13-9-18(10-14-26)27-12-6-8-19(27)20(28)23-11-5-7-17-15-24-25(4)16-17/h6,8,12,15-16,18H,5,7,9-11,13-14H2,1-4H3,(H,23,28). The van der Waals surface area contributed by atoms with Crippen molar-refractivity contribution in [3.8, 4) is 0 Å². The van der Waals surface area contributed by atoms with Gasteiger partial charge in [-0.15, -0.1) is 0 Å². The molecule has 164 valence electrons. The number of likely N-dealkylation sites (tertiary alicyclic amines) is 1. The Kier molecular flexibility index (Phi) is 6.84. The van der Waals surface area contributed by atoms with Gasteiger partial charge in [-0.05, 0) is 64.2 Å². The van der Waals surface area contributed by atoms with Crippen LogP contribution in [0.2, 0.25) is 0 Å². The van der Waals surface area contributed by atoms with E-state index in [1.807, 2.05) is 63.1 Å². The van der Waals surface area contributed by atoms with E-state index in [0.29, 0.717) is 25.3 Å². The summed E-state index contributed by atoms with van der Waals surface area (Å²) in [5.74, 6) is -0.0549. The number of aryl methyl sites for hydroxylation is 2. The Morgan fingerprint density at radius 2 is 2.00 bits per heavy atom. The number of amides is 2. The van der Waals surface area contributed by atoms with Gasteiger partial charge in [-0.3, -0.25) is 9.48 Å². The summed E-state index contributed by atoms with van der Waals surface area (Å²) in [5.41, 5.74) is 1.36. The average molecular weight is 416 g/mol. The van der Waals surface area contributed by atoms with Gasteiger partial charge in [0.1, 0.15) is 11.3 Å². The van der Waals surface area contributed by atoms with Crippen molar-refractivity contribution in [3.63, 3.8) is 0 Å². The molecule has 1 N–H and O–H groups in total. The van der Waals surface area contributed by atoms with Crippen LogP contribution in [-0.4, -0.2) is 56.5 Å². The molecule has 30 heavy (non-hydrogen) atoms. The van der Waals surface area contributed by atoms with Crippen molar-refractivity contribution in [1.82, 2.24) is 24.6 Å². The summed E-state index contributed by atoms with van der Waals surface area (Å²) in [6.45, 7) is 7.50. The fourth-order valence-corrected chi connectivity index (χ4v) is 3.74. The molecule has 0 bridgehead atoms. The van der Waals surface area contributed by atoms with Crippen molar-refractivity contribution in [2.24, 2.45) is 7.05 Å². The van der Waals surface area contributed by atoms with E-state index in [0.717, 1.165) is 25.7 Å². The van der Waals surface area contributed by atoms with Crippen molar-refractivity contribution in [2.45, 2.75) is 58.1 Å². The number of carbonyl (C=O) groups excluding carboxylic acids is 2. The number of rotatable bonds is 6. The lowest BCUT2D eigenvalue weighted by molar-refractivity contribution is 0.0187. The number of nitrogens with zero attached hydrogens (tertiary/aromatic N) is 4. The van der Waals surface area contributed by atoms with Crippen molar-refractivity contribution in [1.29, 1.82) is 0 Å². The van der Waals surface area contributed by atoms with E-state index < -0.39 is 5.60 Å². The maximum atomic E-state index is 12.7. The molecule has 0 aliphatic carbocycles. The van der Waals surface area contributed by atoms with Gasteiger partial charge in [0.25, 0.3) is 5.91 Å². The fraction of sp³-hybridized carbons (Fsp3) is 0.591. The Balaban J connectivity index is 1.48. The molecule has 1 saturated heterocycles. The van der Waals surface area contributed by atoms with Crippen molar-refractivity contribution in [2.75, 3.05) is 19.6 Å². The summed E-state index contributed by atoms with van der Waals surface area (Å²) in [5, 5.41) is 7.18. The second kappa shape index (κ2) is 9.36. The van der Waals surface area contributed by atoms with Crippen LogP contribution in [0.4, 0.5) is 4.79 Å². The molecule has 0 unspecified atom stereocenters. The van der Waals surface area contributed by atoms with E-state index in [1.54, 1.807) is 9.58 Å². The van der Waals surface area contributed by atoms with E-state index in [4.69, 9.17) is 4.74 Å². The van der Waals surface area contributed by atoms with E-state index in [2.05, 4.69) is 10.4 Å². The number of hydrogen-bond donors (Lipinski definition) is 1. The molecule has 1 aliphatic heterocycles. The van der Waals surface area contributed by atoms with E-state index >= 15 is 0 Å². The Hall–Kier alpha value is -2.77. The van der Waals surface area contributed by atoms with Crippen LogP contribution in [0.25, 0.3) is 0 Å². The number of hydrogen-bond acceptors (Lipinski definition) is 4. The molecule has 8 heteroatoms. The summed E-state index contributed by atoms with van der Waals surface area (Å²) >= 11 is 0. The molecule has 0 atom stereocenters. The highest BCUT2D eigenvalue weighted by atomic mass is 16.6. The minimum absolute atomic E-state index is 0.0549.